The summed E-state index contributed by atoms with van der Waals surface area (Å²) in [6.07, 6.45) is 1.55. The molecule has 90 valence electrons. The molecule has 0 aromatic heterocycles. The summed E-state index contributed by atoms with van der Waals surface area (Å²) < 4.78 is 0. The fourth-order valence-electron chi connectivity index (χ4n) is 1.08. The van der Waals surface area contributed by atoms with Crippen molar-refractivity contribution in [3.8, 4) is 0 Å². The van der Waals surface area contributed by atoms with Crippen molar-refractivity contribution in [1.82, 2.24) is 10.2 Å². The Bertz CT molecular complexity index is 182. The standard InChI is InChI=1S/C10H24N4O/c1-9(2)14(3)8-7-12-6-4-5-10(11)13-15/h9,12,15H,4-8H2,1-3H3,(H2,11,13). The minimum absolute atomic E-state index is 0.302. The summed E-state index contributed by atoms with van der Waals surface area (Å²) in [4.78, 5) is 2.29. The minimum Gasteiger partial charge on any atom is -0.409 e. The van der Waals surface area contributed by atoms with Crippen LogP contribution in [0.15, 0.2) is 5.16 Å². The van der Waals surface area contributed by atoms with Gasteiger partial charge >= 0.3 is 0 Å². The van der Waals surface area contributed by atoms with Gasteiger partial charge in [-0.2, -0.15) is 0 Å². The highest BCUT2D eigenvalue weighted by atomic mass is 16.4. The molecular weight excluding hydrogens is 192 g/mol. The Hall–Kier alpha value is -0.810. The van der Waals surface area contributed by atoms with Gasteiger partial charge in [-0.3, -0.25) is 0 Å². The first-order valence-corrected chi connectivity index (χ1v) is 5.45. The third-order valence-electron chi connectivity index (χ3n) is 2.44. The zero-order valence-electron chi connectivity index (χ0n) is 10.0. The van der Waals surface area contributed by atoms with E-state index in [1.54, 1.807) is 0 Å². The molecule has 5 heteroatoms. The average Bonchev–Trinajstić information content (AvgIpc) is 2.22. The molecule has 0 aromatic rings. The van der Waals surface area contributed by atoms with Gasteiger partial charge in [0.05, 0.1) is 0 Å². The van der Waals surface area contributed by atoms with Gasteiger partial charge in [-0.15, -0.1) is 0 Å². The van der Waals surface area contributed by atoms with Gasteiger partial charge in [0.25, 0.3) is 0 Å². The molecule has 0 aromatic carbocycles. The molecule has 0 spiro atoms. The number of oxime groups is 1. The van der Waals surface area contributed by atoms with Crippen LogP contribution >= 0.6 is 0 Å². The Morgan fingerprint density at radius 3 is 2.67 bits per heavy atom. The van der Waals surface area contributed by atoms with Crippen LogP contribution in [0.4, 0.5) is 0 Å². The fourth-order valence-corrected chi connectivity index (χ4v) is 1.08. The van der Waals surface area contributed by atoms with Gasteiger partial charge in [-0.25, -0.2) is 0 Å². The van der Waals surface area contributed by atoms with Crippen LogP contribution in [-0.2, 0) is 0 Å². The van der Waals surface area contributed by atoms with Crippen LogP contribution in [0.25, 0.3) is 0 Å². The summed E-state index contributed by atoms with van der Waals surface area (Å²) in [5.74, 6) is 0.302. The second-order valence-corrected chi connectivity index (χ2v) is 4.02. The third-order valence-corrected chi connectivity index (χ3v) is 2.44. The van der Waals surface area contributed by atoms with E-state index < -0.39 is 0 Å². The Labute approximate surface area is 92.3 Å². The number of likely N-dealkylation sites (N-methyl/N-ethyl adjacent to an activating group) is 1. The maximum absolute atomic E-state index is 8.31. The highest BCUT2D eigenvalue weighted by Crippen LogP contribution is 1.91. The van der Waals surface area contributed by atoms with E-state index in [0.29, 0.717) is 18.3 Å². The lowest BCUT2D eigenvalue weighted by Crippen LogP contribution is -2.34. The van der Waals surface area contributed by atoms with Gasteiger partial charge in [0.2, 0.25) is 0 Å². The predicted octanol–water partition coefficient (Wildman–Crippen LogP) is 0.443. The van der Waals surface area contributed by atoms with Crippen molar-refractivity contribution in [2.75, 3.05) is 26.7 Å². The number of hydrogen-bond acceptors (Lipinski definition) is 4. The molecule has 0 bridgehead atoms. The molecule has 0 aliphatic rings. The van der Waals surface area contributed by atoms with E-state index in [2.05, 4.69) is 36.3 Å². The van der Waals surface area contributed by atoms with Crippen LogP contribution in [0.3, 0.4) is 0 Å². The molecule has 0 heterocycles. The largest absolute Gasteiger partial charge is 0.409 e. The normalized spacial score (nSPS) is 12.7. The lowest BCUT2D eigenvalue weighted by molar-refractivity contribution is 0.273. The molecule has 15 heavy (non-hydrogen) atoms. The molecule has 0 aliphatic heterocycles. The van der Waals surface area contributed by atoms with E-state index >= 15 is 0 Å². The maximum atomic E-state index is 8.31. The fraction of sp³-hybridized carbons (Fsp3) is 0.900. The molecule has 0 saturated heterocycles. The molecular formula is C10H24N4O. The van der Waals surface area contributed by atoms with Gasteiger partial charge < -0.3 is 21.2 Å². The van der Waals surface area contributed by atoms with Crippen LogP contribution in [-0.4, -0.2) is 48.7 Å². The molecule has 0 saturated carbocycles. The van der Waals surface area contributed by atoms with Gasteiger partial charge in [-0.05, 0) is 33.9 Å². The topological polar surface area (TPSA) is 73.9 Å². The Morgan fingerprint density at radius 2 is 2.13 bits per heavy atom. The first kappa shape index (κ1) is 14.2. The van der Waals surface area contributed by atoms with Gasteiger partial charge in [-0.1, -0.05) is 5.16 Å². The summed E-state index contributed by atoms with van der Waals surface area (Å²) in [6, 6.07) is 0.587. The zero-order valence-corrected chi connectivity index (χ0v) is 10.0. The molecule has 0 atom stereocenters. The first-order valence-electron chi connectivity index (χ1n) is 5.45. The number of nitrogens with zero attached hydrogens (tertiary/aromatic N) is 2. The Balaban J connectivity index is 3.25. The average molecular weight is 216 g/mol. The molecule has 0 radical (unpaired) electrons. The smallest absolute Gasteiger partial charge is 0.139 e. The van der Waals surface area contributed by atoms with Crippen LogP contribution in [0.5, 0.6) is 0 Å². The highest BCUT2D eigenvalue weighted by Gasteiger charge is 2.01. The highest BCUT2D eigenvalue weighted by molar-refractivity contribution is 5.79. The van der Waals surface area contributed by atoms with Gasteiger partial charge in [0.15, 0.2) is 0 Å². The SMILES string of the molecule is CC(C)N(C)CCNCCCC(N)=NO. The summed E-state index contributed by atoms with van der Waals surface area (Å²) >= 11 is 0. The van der Waals surface area contributed by atoms with Crippen LogP contribution in [0, 0.1) is 0 Å². The quantitative estimate of drug-likeness (QED) is 0.181. The first-order chi connectivity index (χ1) is 7.07. The van der Waals surface area contributed by atoms with Gasteiger partial charge in [0, 0.05) is 25.6 Å². The van der Waals surface area contributed by atoms with E-state index in [1.165, 1.54) is 0 Å². The summed E-state index contributed by atoms with van der Waals surface area (Å²) in [5.41, 5.74) is 5.34. The summed E-state index contributed by atoms with van der Waals surface area (Å²) in [6.45, 7) is 7.28. The van der Waals surface area contributed by atoms with Crippen molar-refractivity contribution in [2.45, 2.75) is 32.7 Å². The Kier molecular flexibility index (Phi) is 8.04. The molecule has 4 N–H and O–H groups in total. The van der Waals surface area contributed by atoms with E-state index in [4.69, 9.17) is 10.9 Å². The van der Waals surface area contributed by atoms with Crippen LogP contribution in [0.2, 0.25) is 0 Å². The van der Waals surface area contributed by atoms with E-state index in [1.807, 2.05) is 0 Å². The molecule has 5 nitrogen and oxygen atoms in total. The number of hydrogen-bond donors (Lipinski definition) is 3. The zero-order chi connectivity index (χ0) is 11.7. The number of nitrogens with one attached hydrogen (secondary N) is 1. The van der Waals surface area contributed by atoms with E-state index in [9.17, 15) is 0 Å². The number of nitrogens with two attached hydrogens (primary N) is 1. The lowest BCUT2D eigenvalue weighted by Gasteiger charge is -2.20. The van der Waals surface area contributed by atoms with Crippen molar-refractivity contribution >= 4 is 5.84 Å². The van der Waals surface area contributed by atoms with E-state index in [0.717, 1.165) is 26.1 Å². The lowest BCUT2D eigenvalue weighted by atomic mass is 10.3. The van der Waals surface area contributed by atoms with Crippen LogP contribution in [0.1, 0.15) is 26.7 Å². The maximum Gasteiger partial charge on any atom is 0.139 e. The minimum atomic E-state index is 0.302. The summed E-state index contributed by atoms with van der Waals surface area (Å²) in [7, 11) is 2.11. The van der Waals surface area contributed by atoms with Crippen molar-refractivity contribution < 1.29 is 5.21 Å². The molecule has 0 aliphatic carbocycles. The van der Waals surface area contributed by atoms with Gasteiger partial charge in [0.1, 0.15) is 5.84 Å². The number of amidine groups is 1. The van der Waals surface area contributed by atoms with Crippen LogP contribution < -0.4 is 11.1 Å². The monoisotopic (exact) mass is 216 g/mol. The van der Waals surface area contributed by atoms with Crippen molar-refractivity contribution in [2.24, 2.45) is 10.9 Å². The van der Waals surface area contributed by atoms with Crippen molar-refractivity contribution in [3.63, 3.8) is 0 Å². The predicted molar refractivity (Wildman–Crippen MR) is 63.3 cm³/mol. The third kappa shape index (κ3) is 8.20. The number of rotatable bonds is 8. The summed E-state index contributed by atoms with van der Waals surface area (Å²) in [5, 5.41) is 14.5. The van der Waals surface area contributed by atoms with Crippen molar-refractivity contribution in [3.05, 3.63) is 0 Å². The molecule has 0 fully saturated rings. The van der Waals surface area contributed by atoms with Crippen molar-refractivity contribution in [1.29, 1.82) is 0 Å². The molecule has 0 rings (SSSR count). The second-order valence-electron chi connectivity index (χ2n) is 4.02. The molecule has 0 amide bonds. The second kappa shape index (κ2) is 8.49. The van der Waals surface area contributed by atoms with E-state index in [-0.39, 0.29) is 0 Å². The molecule has 0 unspecified atom stereocenters. The Morgan fingerprint density at radius 1 is 1.47 bits per heavy atom.